The molecule has 1 heterocycles. The summed E-state index contributed by atoms with van der Waals surface area (Å²) in [6.07, 6.45) is 1.15. The van der Waals surface area contributed by atoms with Gasteiger partial charge in [-0.3, -0.25) is 4.90 Å². The predicted molar refractivity (Wildman–Crippen MR) is 43.8 cm³/mol. The quantitative estimate of drug-likeness (QED) is 0.569. The molecule has 1 aliphatic rings. The second-order valence-corrected chi connectivity index (χ2v) is 3.24. The molecule has 2 heteroatoms. The number of likely N-dealkylation sites (tertiary alicyclic amines) is 1. The zero-order valence-corrected chi connectivity index (χ0v) is 6.64. The highest BCUT2D eigenvalue weighted by Gasteiger charge is 2.17. The Morgan fingerprint density at radius 3 is 2.90 bits per heavy atom. The van der Waals surface area contributed by atoms with Crippen LogP contribution in [0.25, 0.3) is 0 Å². The van der Waals surface area contributed by atoms with Crippen molar-refractivity contribution in [3.05, 3.63) is 12.2 Å². The molecule has 0 aromatic carbocycles. The molecule has 1 rings (SSSR count). The van der Waals surface area contributed by atoms with E-state index in [4.69, 9.17) is 5.73 Å². The van der Waals surface area contributed by atoms with Crippen molar-refractivity contribution in [2.24, 2.45) is 5.73 Å². The van der Waals surface area contributed by atoms with Crippen molar-refractivity contribution >= 4 is 0 Å². The fourth-order valence-electron chi connectivity index (χ4n) is 1.39. The normalized spacial score (nSPS) is 27.2. The molecule has 1 aliphatic heterocycles. The van der Waals surface area contributed by atoms with Gasteiger partial charge in [0.05, 0.1) is 0 Å². The molecule has 1 fully saturated rings. The highest BCUT2D eigenvalue weighted by molar-refractivity contribution is 4.94. The van der Waals surface area contributed by atoms with Crippen molar-refractivity contribution in [3.8, 4) is 0 Å². The molecule has 0 radical (unpaired) electrons. The van der Waals surface area contributed by atoms with Crippen molar-refractivity contribution in [1.82, 2.24) is 4.90 Å². The molecule has 0 aliphatic carbocycles. The molecule has 1 atom stereocenters. The monoisotopic (exact) mass is 140 g/mol. The Kier molecular flexibility index (Phi) is 2.46. The summed E-state index contributed by atoms with van der Waals surface area (Å²) in [5, 5.41) is 0. The van der Waals surface area contributed by atoms with E-state index >= 15 is 0 Å². The smallest absolute Gasteiger partial charge is 0.0188 e. The minimum Gasteiger partial charge on any atom is -0.326 e. The lowest BCUT2D eigenvalue weighted by molar-refractivity contribution is 0.364. The van der Waals surface area contributed by atoms with Crippen LogP contribution in [0.3, 0.4) is 0 Å². The van der Waals surface area contributed by atoms with Gasteiger partial charge in [-0.05, 0) is 13.3 Å². The second kappa shape index (κ2) is 3.17. The Balaban J connectivity index is 2.24. The molecule has 58 valence electrons. The van der Waals surface area contributed by atoms with Gasteiger partial charge in [-0.2, -0.15) is 0 Å². The summed E-state index contributed by atoms with van der Waals surface area (Å²) in [5.41, 5.74) is 6.96. The number of rotatable bonds is 2. The first-order valence-corrected chi connectivity index (χ1v) is 3.81. The molecule has 0 amide bonds. The van der Waals surface area contributed by atoms with Gasteiger partial charge in [0.15, 0.2) is 0 Å². The van der Waals surface area contributed by atoms with Gasteiger partial charge in [-0.15, -0.1) is 0 Å². The number of nitrogens with two attached hydrogens (primary N) is 1. The summed E-state index contributed by atoms with van der Waals surface area (Å²) >= 11 is 0. The van der Waals surface area contributed by atoms with Crippen LogP contribution in [0.4, 0.5) is 0 Å². The minimum atomic E-state index is 0.402. The van der Waals surface area contributed by atoms with Crippen LogP contribution in [-0.4, -0.2) is 30.6 Å². The fraction of sp³-hybridized carbons (Fsp3) is 0.750. The Hall–Kier alpha value is -0.340. The maximum absolute atomic E-state index is 5.73. The van der Waals surface area contributed by atoms with E-state index in [0.29, 0.717) is 6.04 Å². The third-order valence-corrected chi connectivity index (χ3v) is 1.80. The first kappa shape index (κ1) is 7.76. The lowest BCUT2D eigenvalue weighted by atomic mass is 10.3. The topological polar surface area (TPSA) is 29.3 Å². The van der Waals surface area contributed by atoms with Crippen LogP contribution >= 0.6 is 0 Å². The number of hydrogen-bond donors (Lipinski definition) is 1. The van der Waals surface area contributed by atoms with Gasteiger partial charge in [0.25, 0.3) is 0 Å². The first-order chi connectivity index (χ1) is 4.68. The first-order valence-electron chi connectivity index (χ1n) is 3.81. The van der Waals surface area contributed by atoms with Crippen LogP contribution in [0.2, 0.25) is 0 Å². The molecule has 2 nitrogen and oxygen atoms in total. The summed E-state index contributed by atoms with van der Waals surface area (Å²) in [7, 11) is 0. The third kappa shape index (κ3) is 2.12. The van der Waals surface area contributed by atoms with E-state index in [-0.39, 0.29) is 0 Å². The average Bonchev–Trinajstić information content (AvgIpc) is 2.13. The molecular weight excluding hydrogens is 124 g/mol. The van der Waals surface area contributed by atoms with E-state index in [2.05, 4.69) is 18.4 Å². The molecule has 0 saturated carbocycles. The van der Waals surface area contributed by atoms with Crippen LogP contribution < -0.4 is 5.73 Å². The zero-order valence-electron chi connectivity index (χ0n) is 6.64. The van der Waals surface area contributed by atoms with Crippen LogP contribution in [0, 0.1) is 0 Å². The van der Waals surface area contributed by atoms with Crippen molar-refractivity contribution in [2.45, 2.75) is 19.4 Å². The Labute approximate surface area is 62.7 Å². The SMILES string of the molecule is C=C(C)CN1CC[C@H](N)C1. The summed E-state index contributed by atoms with van der Waals surface area (Å²) < 4.78 is 0. The average molecular weight is 140 g/mol. The van der Waals surface area contributed by atoms with Gasteiger partial charge in [0.2, 0.25) is 0 Å². The molecular formula is C8H16N2. The molecule has 10 heavy (non-hydrogen) atoms. The van der Waals surface area contributed by atoms with E-state index in [0.717, 1.165) is 26.1 Å². The number of hydrogen-bond acceptors (Lipinski definition) is 2. The molecule has 0 unspecified atom stereocenters. The largest absolute Gasteiger partial charge is 0.326 e. The molecule has 0 bridgehead atoms. The van der Waals surface area contributed by atoms with Gasteiger partial charge in [0, 0.05) is 25.7 Å². The summed E-state index contributed by atoms with van der Waals surface area (Å²) in [5.74, 6) is 0. The maximum Gasteiger partial charge on any atom is 0.0188 e. The molecule has 2 N–H and O–H groups in total. The van der Waals surface area contributed by atoms with E-state index in [1.165, 1.54) is 5.57 Å². The Morgan fingerprint density at radius 1 is 1.80 bits per heavy atom. The van der Waals surface area contributed by atoms with Crippen molar-refractivity contribution in [1.29, 1.82) is 0 Å². The summed E-state index contributed by atoms with van der Waals surface area (Å²) in [6.45, 7) is 9.14. The van der Waals surface area contributed by atoms with E-state index in [1.54, 1.807) is 0 Å². The van der Waals surface area contributed by atoms with Gasteiger partial charge in [0.1, 0.15) is 0 Å². The zero-order chi connectivity index (χ0) is 7.56. The fourth-order valence-corrected chi connectivity index (χ4v) is 1.39. The van der Waals surface area contributed by atoms with E-state index in [9.17, 15) is 0 Å². The summed E-state index contributed by atoms with van der Waals surface area (Å²) in [6, 6.07) is 0.402. The highest BCUT2D eigenvalue weighted by atomic mass is 15.2. The lowest BCUT2D eigenvalue weighted by Gasteiger charge is -2.13. The highest BCUT2D eigenvalue weighted by Crippen LogP contribution is 2.07. The minimum absolute atomic E-state index is 0.402. The van der Waals surface area contributed by atoms with E-state index < -0.39 is 0 Å². The third-order valence-electron chi connectivity index (χ3n) is 1.80. The van der Waals surface area contributed by atoms with Crippen molar-refractivity contribution in [2.75, 3.05) is 19.6 Å². The molecule has 0 aromatic rings. The van der Waals surface area contributed by atoms with E-state index in [1.807, 2.05) is 0 Å². The van der Waals surface area contributed by atoms with Crippen LogP contribution in [-0.2, 0) is 0 Å². The second-order valence-electron chi connectivity index (χ2n) is 3.24. The van der Waals surface area contributed by atoms with Gasteiger partial charge in [-0.25, -0.2) is 0 Å². The van der Waals surface area contributed by atoms with Gasteiger partial charge >= 0.3 is 0 Å². The predicted octanol–water partition coefficient (Wildman–Crippen LogP) is 0.596. The number of nitrogens with zero attached hydrogens (tertiary/aromatic N) is 1. The molecule has 0 spiro atoms. The van der Waals surface area contributed by atoms with Crippen LogP contribution in [0.15, 0.2) is 12.2 Å². The van der Waals surface area contributed by atoms with Crippen molar-refractivity contribution < 1.29 is 0 Å². The Bertz CT molecular complexity index is 131. The van der Waals surface area contributed by atoms with Crippen LogP contribution in [0.1, 0.15) is 13.3 Å². The standard InChI is InChI=1S/C8H16N2/c1-7(2)5-10-4-3-8(9)6-10/h8H,1,3-6,9H2,2H3/t8-/m0/s1. The molecule has 0 aromatic heterocycles. The van der Waals surface area contributed by atoms with Crippen molar-refractivity contribution in [3.63, 3.8) is 0 Å². The van der Waals surface area contributed by atoms with Gasteiger partial charge in [-0.1, -0.05) is 12.2 Å². The maximum atomic E-state index is 5.73. The van der Waals surface area contributed by atoms with Crippen LogP contribution in [0.5, 0.6) is 0 Å². The summed E-state index contributed by atoms with van der Waals surface area (Å²) in [4.78, 5) is 2.35. The molecule has 1 saturated heterocycles. The van der Waals surface area contributed by atoms with Gasteiger partial charge < -0.3 is 5.73 Å². The lowest BCUT2D eigenvalue weighted by Crippen LogP contribution is -2.27. The Morgan fingerprint density at radius 2 is 2.50 bits per heavy atom.